The number of hydrogen-bond donors (Lipinski definition) is 1. The van der Waals surface area contributed by atoms with E-state index in [0.29, 0.717) is 22.7 Å². The summed E-state index contributed by atoms with van der Waals surface area (Å²) in [7, 11) is 0. The van der Waals surface area contributed by atoms with E-state index in [4.69, 9.17) is 9.47 Å². The first kappa shape index (κ1) is 18.4. The van der Waals surface area contributed by atoms with Gasteiger partial charge in [-0.3, -0.25) is 9.59 Å². The van der Waals surface area contributed by atoms with Gasteiger partial charge in [0.2, 0.25) is 12.7 Å². The predicted octanol–water partition coefficient (Wildman–Crippen LogP) is 3.72. The van der Waals surface area contributed by atoms with Gasteiger partial charge in [-0.2, -0.15) is 0 Å². The first-order chi connectivity index (χ1) is 13.6. The number of benzene rings is 2. The van der Waals surface area contributed by atoms with Crippen molar-refractivity contribution in [3.05, 3.63) is 42.0 Å². The maximum Gasteiger partial charge on any atom is 0.234 e. The number of hydrogen-bond acceptors (Lipinski definition) is 6. The summed E-state index contributed by atoms with van der Waals surface area (Å²) >= 11 is 1.36. The van der Waals surface area contributed by atoms with E-state index in [1.165, 1.54) is 18.7 Å². The topological polar surface area (TPSA) is 82.5 Å². The molecular weight excluding hydrogens is 378 g/mol. The zero-order valence-electron chi connectivity index (χ0n) is 15.5. The van der Waals surface area contributed by atoms with Gasteiger partial charge in [-0.1, -0.05) is 23.9 Å². The Labute approximate surface area is 166 Å². The van der Waals surface area contributed by atoms with Gasteiger partial charge in [0.25, 0.3) is 0 Å². The fourth-order valence-electron chi connectivity index (χ4n) is 3.12. The first-order valence-electron chi connectivity index (χ1n) is 8.89. The molecule has 0 unspecified atom stereocenters. The zero-order valence-corrected chi connectivity index (χ0v) is 16.3. The number of aromatic nitrogens is 2. The number of carbonyl (C=O) groups excluding carboxylic acids is 2. The minimum Gasteiger partial charge on any atom is -0.454 e. The number of fused-ring (bicyclic) bond motifs is 2. The molecule has 144 valence electrons. The number of nitrogens with zero attached hydrogens (tertiary/aromatic N) is 2. The number of carbonyl (C=O) groups is 2. The Morgan fingerprint density at radius 1 is 1.21 bits per heavy atom. The van der Waals surface area contributed by atoms with Gasteiger partial charge < -0.3 is 19.4 Å². The van der Waals surface area contributed by atoms with Crippen LogP contribution in [0, 0.1) is 0 Å². The second-order valence-corrected chi connectivity index (χ2v) is 7.21. The minimum absolute atomic E-state index is 0.104. The van der Waals surface area contributed by atoms with Gasteiger partial charge in [-0.25, -0.2) is 4.98 Å². The van der Waals surface area contributed by atoms with E-state index in [2.05, 4.69) is 14.9 Å². The van der Waals surface area contributed by atoms with Gasteiger partial charge in [0, 0.05) is 18.2 Å². The van der Waals surface area contributed by atoms with Crippen molar-refractivity contribution in [2.45, 2.75) is 25.5 Å². The highest BCUT2D eigenvalue weighted by Gasteiger charge is 2.21. The quantitative estimate of drug-likeness (QED) is 0.504. The van der Waals surface area contributed by atoms with Crippen LogP contribution in [0.3, 0.4) is 0 Å². The third-order valence-electron chi connectivity index (χ3n) is 4.43. The Kier molecular flexibility index (Phi) is 4.95. The van der Waals surface area contributed by atoms with E-state index in [1.807, 2.05) is 31.2 Å². The molecule has 4 rings (SSSR count). The molecule has 0 aliphatic carbocycles. The first-order valence-corrected chi connectivity index (χ1v) is 9.88. The summed E-state index contributed by atoms with van der Waals surface area (Å²) in [5, 5.41) is 3.60. The van der Waals surface area contributed by atoms with Crippen molar-refractivity contribution < 1.29 is 19.1 Å². The molecule has 7 nitrogen and oxygen atoms in total. The third kappa shape index (κ3) is 3.43. The van der Waals surface area contributed by atoms with Crippen molar-refractivity contribution >= 4 is 40.2 Å². The van der Waals surface area contributed by atoms with Crippen LogP contribution in [0.2, 0.25) is 0 Å². The number of imidazole rings is 1. The van der Waals surface area contributed by atoms with Gasteiger partial charge in [-0.05, 0) is 32.0 Å². The Bertz CT molecular complexity index is 1080. The molecule has 8 heteroatoms. The summed E-state index contributed by atoms with van der Waals surface area (Å²) in [5.41, 5.74) is 2.76. The summed E-state index contributed by atoms with van der Waals surface area (Å²) in [5.74, 6) is 0.819. The van der Waals surface area contributed by atoms with Gasteiger partial charge >= 0.3 is 0 Å². The largest absolute Gasteiger partial charge is 0.454 e. The van der Waals surface area contributed by atoms with E-state index < -0.39 is 0 Å². The van der Waals surface area contributed by atoms with E-state index in [0.717, 1.165) is 22.7 Å². The molecule has 28 heavy (non-hydrogen) atoms. The number of ether oxygens (including phenoxy) is 2. The molecule has 1 amide bonds. The predicted molar refractivity (Wildman–Crippen MR) is 107 cm³/mol. The molecular formula is C20H19N3O4S. The highest BCUT2D eigenvalue weighted by atomic mass is 32.2. The molecule has 1 N–H and O–H groups in total. The van der Waals surface area contributed by atoms with Crippen LogP contribution in [-0.4, -0.2) is 33.8 Å². The standard InChI is InChI=1S/C20H19N3O4S/c1-3-23-16-7-5-4-6-14(16)22-20(23)28-10-19(25)21-15-9-18-17(26-11-27-18)8-13(15)12(2)24/h4-9H,3,10-11H2,1-2H3,(H,21,25). The van der Waals surface area contributed by atoms with Crippen LogP contribution in [0.15, 0.2) is 41.6 Å². The van der Waals surface area contributed by atoms with Crippen molar-refractivity contribution in [1.82, 2.24) is 9.55 Å². The van der Waals surface area contributed by atoms with Crippen LogP contribution in [0.4, 0.5) is 5.69 Å². The van der Waals surface area contributed by atoms with Crippen LogP contribution in [0.1, 0.15) is 24.2 Å². The smallest absolute Gasteiger partial charge is 0.234 e. The molecule has 2 heterocycles. The molecule has 0 saturated carbocycles. The van der Waals surface area contributed by atoms with Gasteiger partial charge in [-0.15, -0.1) is 0 Å². The molecule has 0 bridgehead atoms. The lowest BCUT2D eigenvalue weighted by Crippen LogP contribution is -2.16. The number of para-hydroxylation sites is 2. The minimum atomic E-state index is -0.221. The highest BCUT2D eigenvalue weighted by Crippen LogP contribution is 2.37. The molecule has 3 aromatic rings. The lowest BCUT2D eigenvalue weighted by molar-refractivity contribution is -0.113. The number of thioether (sulfide) groups is 1. The van der Waals surface area contributed by atoms with Crippen molar-refractivity contribution in [1.29, 1.82) is 0 Å². The van der Waals surface area contributed by atoms with E-state index in [-0.39, 0.29) is 24.2 Å². The summed E-state index contributed by atoms with van der Waals surface area (Å²) in [6, 6.07) is 11.1. The van der Waals surface area contributed by atoms with Crippen molar-refractivity contribution in [2.24, 2.45) is 0 Å². The molecule has 1 aliphatic rings. The van der Waals surface area contributed by atoms with Crippen LogP contribution in [0.25, 0.3) is 11.0 Å². The fraction of sp³-hybridized carbons (Fsp3) is 0.250. The summed E-state index contributed by atoms with van der Waals surface area (Å²) in [4.78, 5) is 29.1. The van der Waals surface area contributed by atoms with Crippen LogP contribution >= 0.6 is 11.8 Å². The van der Waals surface area contributed by atoms with E-state index >= 15 is 0 Å². The Hall–Kier alpha value is -3.00. The molecule has 1 aliphatic heterocycles. The molecule has 0 spiro atoms. The van der Waals surface area contributed by atoms with E-state index in [9.17, 15) is 9.59 Å². The summed E-state index contributed by atoms with van der Waals surface area (Å²) in [6.45, 7) is 4.36. The second kappa shape index (κ2) is 7.55. The van der Waals surface area contributed by atoms with Crippen LogP contribution in [-0.2, 0) is 11.3 Å². The van der Waals surface area contributed by atoms with Gasteiger partial charge in [0.05, 0.1) is 22.5 Å². The fourth-order valence-corrected chi connectivity index (χ4v) is 4.00. The monoisotopic (exact) mass is 397 g/mol. The number of anilines is 1. The molecule has 1 aromatic heterocycles. The molecule has 0 atom stereocenters. The Balaban J connectivity index is 1.51. The molecule has 0 radical (unpaired) electrons. The SMILES string of the molecule is CCn1c(SCC(=O)Nc2cc3c(cc2C(C)=O)OCO3)nc2ccccc21. The van der Waals surface area contributed by atoms with Crippen molar-refractivity contribution in [3.8, 4) is 11.5 Å². The number of aryl methyl sites for hydroxylation is 1. The maximum atomic E-state index is 12.5. The van der Waals surface area contributed by atoms with Crippen LogP contribution in [0.5, 0.6) is 11.5 Å². The molecule has 0 saturated heterocycles. The Morgan fingerprint density at radius 2 is 1.96 bits per heavy atom. The van der Waals surface area contributed by atoms with Crippen molar-refractivity contribution in [2.75, 3.05) is 17.9 Å². The summed E-state index contributed by atoms with van der Waals surface area (Å²) < 4.78 is 12.7. The van der Waals surface area contributed by atoms with E-state index in [1.54, 1.807) is 12.1 Å². The van der Waals surface area contributed by atoms with Gasteiger partial charge in [0.15, 0.2) is 22.4 Å². The lowest BCUT2D eigenvalue weighted by Gasteiger charge is -2.11. The number of nitrogens with one attached hydrogen (secondary N) is 1. The maximum absolute atomic E-state index is 12.5. The number of amides is 1. The highest BCUT2D eigenvalue weighted by molar-refractivity contribution is 7.99. The molecule has 0 fully saturated rings. The number of Topliss-reactive ketones (excluding diaryl/α,β-unsaturated/α-hetero) is 1. The van der Waals surface area contributed by atoms with Gasteiger partial charge in [0.1, 0.15) is 0 Å². The summed E-state index contributed by atoms with van der Waals surface area (Å²) in [6.07, 6.45) is 0. The number of rotatable bonds is 6. The zero-order chi connectivity index (χ0) is 19.7. The normalized spacial score (nSPS) is 12.4. The third-order valence-corrected chi connectivity index (χ3v) is 5.41. The number of ketones is 1. The van der Waals surface area contributed by atoms with Crippen molar-refractivity contribution in [3.63, 3.8) is 0 Å². The second-order valence-electron chi connectivity index (χ2n) is 6.27. The average molecular weight is 397 g/mol. The Morgan fingerprint density at radius 3 is 2.71 bits per heavy atom. The molecule has 2 aromatic carbocycles. The average Bonchev–Trinajstić information content (AvgIpc) is 3.28. The lowest BCUT2D eigenvalue weighted by atomic mass is 10.1. The van der Waals surface area contributed by atoms with Crippen LogP contribution < -0.4 is 14.8 Å².